The Morgan fingerprint density at radius 3 is 2.71 bits per heavy atom. The maximum absolute atomic E-state index is 10.8. The molecule has 3 heteroatoms. The van der Waals surface area contributed by atoms with E-state index in [1.807, 2.05) is 0 Å². The molecule has 0 amide bonds. The number of hydrogen-bond donors (Lipinski definition) is 1. The molecule has 3 nitrogen and oxygen atoms in total. The van der Waals surface area contributed by atoms with Crippen LogP contribution in [0.15, 0.2) is 0 Å². The van der Waals surface area contributed by atoms with Gasteiger partial charge in [-0.15, -0.1) is 0 Å². The first-order valence-electron chi connectivity index (χ1n) is 5.32. The number of aliphatic hydroxyl groups excluding tert-OH is 1. The Morgan fingerprint density at radius 1 is 1.57 bits per heavy atom. The van der Waals surface area contributed by atoms with Gasteiger partial charge in [0.25, 0.3) is 0 Å². The molecule has 0 spiro atoms. The summed E-state index contributed by atoms with van der Waals surface area (Å²) in [6.07, 6.45) is 1.26. The van der Waals surface area contributed by atoms with Gasteiger partial charge >= 0.3 is 0 Å². The SMILES string of the molecule is CC(=O)CCN1CCC(O)C(C)(C)C1. The first kappa shape index (κ1) is 11.7. The van der Waals surface area contributed by atoms with Gasteiger partial charge in [0.1, 0.15) is 5.78 Å². The molecule has 1 aliphatic heterocycles. The van der Waals surface area contributed by atoms with E-state index in [0.29, 0.717) is 6.42 Å². The van der Waals surface area contributed by atoms with Gasteiger partial charge in [-0.1, -0.05) is 13.8 Å². The van der Waals surface area contributed by atoms with E-state index in [-0.39, 0.29) is 17.3 Å². The van der Waals surface area contributed by atoms with Crippen LogP contribution in [0, 0.1) is 5.41 Å². The van der Waals surface area contributed by atoms with Crippen molar-refractivity contribution in [2.24, 2.45) is 5.41 Å². The van der Waals surface area contributed by atoms with E-state index in [9.17, 15) is 9.90 Å². The Bertz CT molecular complexity index is 213. The number of Topliss-reactive ketones (excluding diaryl/α,β-unsaturated/α-hetero) is 1. The molecule has 1 rings (SSSR count). The number of nitrogens with zero attached hydrogens (tertiary/aromatic N) is 1. The van der Waals surface area contributed by atoms with E-state index in [1.165, 1.54) is 0 Å². The summed E-state index contributed by atoms with van der Waals surface area (Å²) < 4.78 is 0. The highest BCUT2D eigenvalue weighted by Gasteiger charge is 2.34. The van der Waals surface area contributed by atoms with Crippen LogP contribution >= 0.6 is 0 Å². The zero-order chi connectivity index (χ0) is 10.8. The summed E-state index contributed by atoms with van der Waals surface area (Å²) in [5.41, 5.74) is -0.0327. The molecule has 0 saturated carbocycles. The van der Waals surface area contributed by atoms with Gasteiger partial charge in [-0.3, -0.25) is 4.79 Å². The summed E-state index contributed by atoms with van der Waals surface area (Å²) in [4.78, 5) is 13.1. The lowest BCUT2D eigenvalue weighted by atomic mass is 9.81. The fourth-order valence-corrected chi connectivity index (χ4v) is 1.96. The number of rotatable bonds is 3. The summed E-state index contributed by atoms with van der Waals surface area (Å²) >= 11 is 0. The molecule has 1 fully saturated rings. The lowest BCUT2D eigenvalue weighted by Gasteiger charge is -2.41. The number of carbonyl (C=O) groups excluding carboxylic acids is 1. The van der Waals surface area contributed by atoms with Crippen molar-refractivity contribution in [3.8, 4) is 0 Å². The summed E-state index contributed by atoms with van der Waals surface area (Å²) in [5, 5.41) is 9.74. The monoisotopic (exact) mass is 199 g/mol. The predicted molar refractivity (Wildman–Crippen MR) is 56.1 cm³/mol. The van der Waals surface area contributed by atoms with Crippen LogP contribution in [0.5, 0.6) is 0 Å². The Hall–Kier alpha value is -0.410. The highest BCUT2D eigenvalue weighted by Crippen LogP contribution is 2.28. The highest BCUT2D eigenvalue weighted by atomic mass is 16.3. The second-order valence-electron chi connectivity index (χ2n) is 5.02. The number of carbonyl (C=O) groups is 1. The molecule has 1 atom stereocenters. The Morgan fingerprint density at radius 2 is 2.21 bits per heavy atom. The molecule has 1 heterocycles. The summed E-state index contributed by atoms with van der Waals surface area (Å²) in [6, 6.07) is 0. The molecule has 0 aliphatic carbocycles. The first-order valence-corrected chi connectivity index (χ1v) is 5.32. The molecule has 0 aromatic carbocycles. The van der Waals surface area contributed by atoms with Crippen molar-refractivity contribution in [3.63, 3.8) is 0 Å². The van der Waals surface area contributed by atoms with Crippen molar-refractivity contribution in [2.45, 2.75) is 39.7 Å². The molecule has 0 radical (unpaired) electrons. The number of likely N-dealkylation sites (tertiary alicyclic amines) is 1. The first-order chi connectivity index (χ1) is 6.42. The molecular formula is C11H21NO2. The van der Waals surface area contributed by atoms with E-state index in [2.05, 4.69) is 18.7 Å². The van der Waals surface area contributed by atoms with Crippen LogP contribution in [0.3, 0.4) is 0 Å². The Balaban J connectivity index is 2.39. The van der Waals surface area contributed by atoms with Crippen molar-refractivity contribution in [2.75, 3.05) is 19.6 Å². The molecule has 0 bridgehead atoms. The summed E-state index contributed by atoms with van der Waals surface area (Å²) in [5.74, 6) is 0.244. The largest absolute Gasteiger partial charge is 0.392 e. The van der Waals surface area contributed by atoms with Gasteiger partial charge in [-0.05, 0) is 13.3 Å². The van der Waals surface area contributed by atoms with E-state index >= 15 is 0 Å². The maximum Gasteiger partial charge on any atom is 0.131 e. The van der Waals surface area contributed by atoms with Crippen LogP contribution < -0.4 is 0 Å². The molecule has 1 N–H and O–H groups in total. The Labute approximate surface area is 86.1 Å². The third-order valence-corrected chi connectivity index (χ3v) is 3.03. The fraction of sp³-hybridized carbons (Fsp3) is 0.909. The minimum absolute atomic E-state index is 0.0327. The fourth-order valence-electron chi connectivity index (χ4n) is 1.96. The minimum atomic E-state index is -0.198. The molecule has 1 saturated heterocycles. The predicted octanol–water partition coefficient (Wildman–Crippen LogP) is 1.06. The molecular weight excluding hydrogens is 178 g/mol. The van der Waals surface area contributed by atoms with Crippen molar-refractivity contribution in [3.05, 3.63) is 0 Å². The number of ketones is 1. The topological polar surface area (TPSA) is 40.5 Å². The zero-order valence-corrected chi connectivity index (χ0v) is 9.42. The summed E-state index contributed by atoms with van der Waals surface area (Å²) in [6.45, 7) is 8.43. The van der Waals surface area contributed by atoms with Gasteiger partial charge in [-0.2, -0.15) is 0 Å². The van der Waals surface area contributed by atoms with Crippen molar-refractivity contribution in [1.29, 1.82) is 0 Å². The van der Waals surface area contributed by atoms with Crippen LogP contribution in [-0.2, 0) is 4.79 Å². The van der Waals surface area contributed by atoms with Gasteiger partial charge < -0.3 is 10.0 Å². The van der Waals surface area contributed by atoms with Crippen LogP contribution in [0.2, 0.25) is 0 Å². The quantitative estimate of drug-likeness (QED) is 0.739. The molecule has 14 heavy (non-hydrogen) atoms. The second-order valence-corrected chi connectivity index (χ2v) is 5.02. The molecule has 0 aromatic heterocycles. The van der Waals surface area contributed by atoms with Crippen LogP contribution in [0.1, 0.15) is 33.6 Å². The van der Waals surface area contributed by atoms with Gasteiger partial charge in [0.05, 0.1) is 6.10 Å². The molecule has 0 aromatic rings. The molecule has 1 aliphatic rings. The van der Waals surface area contributed by atoms with E-state index in [0.717, 1.165) is 26.1 Å². The summed E-state index contributed by atoms with van der Waals surface area (Å²) in [7, 11) is 0. The number of hydrogen-bond acceptors (Lipinski definition) is 3. The normalized spacial score (nSPS) is 27.6. The standard InChI is InChI=1S/C11H21NO2/c1-9(13)4-6-12-7-5-10(14)11(2,3)8-12/h10,14H,4-8H2,1-3H3. The average Bonchev–Trinajstić information content (AvgIpc) is 2.07. The van der Waals surface area contributed by atoms with Gasteiger partial charge in [0, 0.05) is 31.5 Å². The zero-order valence-electron chi connectivity index (χ0n) is 9.42. The maximum atomic E-state index is 10.8. The van der Waals surface area contributed by atoms with Gasteiger partial charge in [0.2, 0.25) is 0 Å². The Kier molecular flexibility index (Phi) is 3.67. The van der Waals surface area contributed by atoms with Gasteiger partial charge in [-0.25, -0.2) is 0 Å². The van der Waals surface area contributed by atoms with Crippen molar-refractivity contribution >= 4 is 5.78 Å². The lowest BCUT2D eigenvalue weighted by Crippen LogP contribution is -2.48. The van der Waals surface area contributed by atoms with E-state index in [1.54, 1.807) is 6.92 Å². The van der Waals surface area contributed by atoms with Crippen LogP contribution in [0.4, 0.5) is 0 Å². The minimum Gasteiger partial charge on any atom is -0.392 e. The third-order valence-electron chi connectivity index (χ3n) is 3.03. The molecule has 82 valence electrons. The van der Waals surface area contributed by atoms with E-state index < -0.39 is 0 Å². The second kappa shape index (κ2) is 4.41. The lowest BCUT2D eigenvalue weighted by molar-refractivity contribution is -0.117. The molecule has 1 unspecified atom stereocenters. The van der Waals surface area contributed by atoms with Crippen LogP contribution in [0.25, 0.3) is 0 Å². The number of aliphatic hydroxyl groups is 1. The van der Waals surface area contributed by atoms with Crippen molar-refractivity contribution in [1.82, 2.24) is 4.90 Å². The number of piperidine rings is 1. The van der Waals surface area contributed by atoms with Gasteiger partial charge in [0.15, 0.2) is 0 Å². The van der Waals surface area contributed by atoms with Crippen LogP contribution in [-0.4, -0.2) is 41.5 Å². The third kappa shape index (κ3) is 3.07. The van der Waals surface area contributed by atoms with E-state index in [4.69, 9.17) is 0 Å². The smallest absolute Gasteiger partial charge is 0.131 e. The highest BCUT2D eigenvalue weighted by molar-refractivity contribution is 5.75. The van der Waals surface area contributed by atoms with Crippen molar-refractivity contribution < 1.29 is 9.90 Å². The average molecular weight is 199 g/mol.